The molecule has 0 bridgehead atoms. The van der Waals surface area contributed by atoms with Crippen LogP contribution in [0, 0.1) is 0 Å². The molecule has 0 saturated carbocycles. The topological polar surface area (TPSA) is 57.2 Å². The number of ether oxygens (including phenoxy) is 1. The molecule has 29 heavy (non-hydrogen) atoms. The molecule has 2 heterocycles. The number of nitrogens with zero attached hydrogens (tertiary/aromatic N) is 3. The first kappa shape index (κ1) is 19.5. The molecular weight excluding hydrogens is 364 g/mol. The van der Waals surface area contributed by atoms with Gasteiger partial charge in [0.05, 0.1) is 25.5 Å². The predicted molar refractivity (Wildman–Crippen MR) is 117 cm³/mol. The van der Waals surface area contributed by atoms with Gasteiger partial charge in [-0.3, -0.25) is 4.79 Å². The molecule has 1 N–H and O–H groups in total. The van der Waals surface area contributed by atoms with E-state index in [4.69, 9.17) is 4.74 Å². The summed E-state index contributed by atoms with van der Waals surface area (Å²) < 4.78 is 5.41. The number of hydrazone groups is 1. The second-order valence-corrected chi connectivity index (χ2v) is 7.53. The fourth-order valence-electron chi connectivity index (χ4n) is 3.93. The maximum absolute atomic E-state index is 12.4. The molecule has 2 aromatic rings. The van der Waals surface area contributed by atoms with Gasteiger partial charge in [-0.05, 0) is 49.1 Å². The Labute approximate surface area is 172 Å². The Morgan fingerprint density at radius 2 is 1.83 bits per heavy atom. The van der Waals surface area contributed by atoms with Gasteiger partial charge in [0.15, 0.2) is 0 Å². The van der Waals surface area contributed by atoms with Gasteiger partial charge in [0, 0.05) is 31.0 Å². The van der Waals surface area contributed by atoms with Crippen molar-refractivity contribution in [2.45, 2.75) is 19.8 Å². The number of fused-ring (bicyclic) bond motifs is 1. The number of amides is 1. The maximum Gasteiger partial charge on any atom is 0.259 e. The summed E-state index contributed by atoms with van der Waals surface area (Å²) >= 11 is 0. The SMILES string of the molecule is C/C(=N/NC(=O)CN1CCCc2ccccc21)c1ccc(N2CCOCC2)cc1. The molecule has 4 rings (SSSR count). The van der Waals surface area contributed by atoms with E-state index >= 15 is 0 Å². The number of para-hydroxylation sites is 1. The predicted octanol–water partition coefficient (Wildman–Crippen LogP) is 2.82. The Morgan fingerprint density at radius 3 is 2.62 bits per heavy atom. The third-order valence-corrected chi connectivity index (χ3v) is 5.55. The third-order valence-electron chi connectivity index (χ3n) is 5.55. The largest absolute Gasteiger partial charge is 0.378 e. The number of benzene rings is 2. The molecule has 1 fully saturated rings. The van der Waals surface area contributed by atoms with Gasteiger partial charge in [0.2, 0.25) is 0 Å². The van der Waals surface area contributed by atoms with Crippen molar-refractivity contribution in [3.63, 3.8) is 0 Å². The summed E-state index contributed by atoms with van der Waals surface area (Å²) in [6, 6.07) is 16.6. The van der Waals surface area contributed by atoms with E-state index in [-0.39, 0.29) is 5.91 Å². The molecule has 1 amide bonds. The average molecular weight is 393 g/mol. The Morgan fingerprint density at radius 1 is 1.07 bits per heavy atom. The van der Waals surface area contributed by atoms with Crippen LogP contribution in [0.1, 0.15) is 24.5 Å². The number of morpholine rings is 1. The summed E-state index contributed by atoms with van der Waals surface area (Å²) in [7, 11) is 0. The zero-order valence-corrected chi connectivity index (χ0v) is 16.9. The number of anilines is 2. The first-order chi connectivity index (χ1) is 14.2. The molecule has 2 aliphatic rings. The van der Waals surface area contributed by atoms with Crippen LogP contribution in [0.3, 0.4) is 0 Å². The summed E-state index contributed by atoms with van der Waals surface area (Å²) in [6.07, 6.45) is 2.15. The molecule has 6 heteroatoms. The minimum Gasteiger partial charge on any atom is -0.378 e. The monoisotopic (exact) mass is 392 g/mol. The fourth-order valence-corrected chi connectivity index (χ4v) is 3.93. The van der Waals surface area contributed by atoms with Gasteiger partial charge in [-0.15, -0.1) is 0 Å². The van der Waals surface area contributed by atoms with Gasteiger partial charge in [0.1, 0.15) is 0 Å². The maximum atomic E-state index is 12.4. The van der Waals surface area contributed by atoms with Crippen molar-refractivity contribution < 1.29 is 9.53 Å². The van der Waals surface area contributed by atoms with Gasteiger partial charge in [-0.2, -0.15) is 5.10 Å². The highest BCUT2D eigenvalue weighted by molar-refractivity contribution is 5.99. The van der Waals surface area contributed by atoms with Crippen molar-refractivity contribution in [1.82, 2.24) is 5.43 Å². The molecule has 0 unspecified atom stereocenters. The lowest BCUT2D eigenvalue weighted by atomic mass is 10.0. The number of carbonyl (C=O) groups is 1. The highest BCUT2D eigenvalue weighted by Gasteiger charge is 2.18. The first-order valence-electron chi connectivity index (χ1n) is 10.3. The number of rotatable bonds is 5. The van der Waals surface area contributed by atoms with Crippen LogP contribution in [0.2, 0.25) is 0 Å². The molecule has 2 aliphatic heterocycles. The lowest BCUT2D eigenvalue weighted by molar-refractivity contribution is -0.119. The summed E-state index contributed by atoms with van der Waals surface area (Å²) in [4.78, 5) is 16.9. The Bertz CT molecular complexity index is 873. The zero-order chi connectivity index (χ0) is 20.1. The summed E-state index contributed by atoms with van der Waals surface area (Å²) in [5.41, 5.74) is 8.18. The van der Waals surface area contributed by atoms with E-state index in [1.54, 1.807) is 0 Å². The van der Waals surface area contributed by atoms with Gasteiger partial charge < -0.3 is 14.5 Å². The summed E-state index contributed by atoms with van der Waals surface area (Å²) in [6.45, 7) is 6.52. The zero-order valence-electron chi connectivity index (χ0n) is 16.9. The number of nitrogens with one attached hydrogen (secondary N) is 1. The van der Waals surface area contributed by atoms with Crippen LogP contribution >= 0.6 is 0 Å². The number of carbonyl (C=O) groups excluding carboxylic acids is 1. The highest BCUT2D eigenvalue weighted by Crippen LogP contribution is 2.26. The average Bonchev–Trinajstić information content (AvgIpc) is 2.78. The Hall–Kier alpha value is -2.86. The molecule has 1 saturated heterocycles. The fraction of sp³-hybridized carbons (Fsp3) is 0.391. The van der Waals surface area contributed by atoms with Crippen LogP contribution in [-0.2, 0) is 16.0 Å². The molecule has 0 aliphatic carbocycles. The van der Waals surface area contributed by atoms with Crippen LogP contribution in [0.5, 0.6) is 0 Å². The van der Waals surface area contributed by atoms with E-state index < -0.39 is 0 Å². The summed E-state index contributed by atoms with van der Waals surface area (Å²) in [5, 5.41) is 4.31. The lowest BCUT2D eigenvalue weighted by Gasteiger charge is -2.30. The van der Waals surface area contributed by atoms with E-state index in [1.807, 2.05) is 13.0 Å². The second kappa shape index (κ2) is 9.09. The van der Waals surface area contributed by atoms with Crippen molar-refractivity contribution in [2.75, 3.05) is 49.2 Å². The van der Waals surface area contributed by atoms with Gasteiger partial charge in [-0.1, -0.05) is 30.3 Å². The van der Waals surface area contributed by atoms with Gasteiger partial charge in [-0.25, -0.2) is 5.43 Å². The molecule has 6 nitrogen and oxygen atoms in total. The molecule has 0 aromatic heterocycles. The standard InChI is InChI=1S/C23H28N4O2/c1-18(19-8-10-21(11-9-19)26-13-15-29-16-14-26)24-25-23(28)17-27-12-4-6-20-5-2-3-7-22(20)27/h2-3,5,7-11H,4,6,12-17H2,1H3,(H,25,28)/b24-18-. The van der Waals surface area contributed by atoms with Crippen molar-refractivity contribution in [3.8, 4) is 0 Å². The molecule has 0 radical (unpaired) electrons. The Balaban J connectivity index is 1.34. The smallest absolute Gasteiger partial charge is 0.259 e. The van der Waals surface area contributed by atoms with Crippen molar-refractivity contribution >= 4 is 23.0 Å². The second-order valence-electron chi connectivity index (χ2n) is 7.53. The molecule has 2 aromatic carbocycles. The van der Waals surface area contributed by atoms with Gasteiger partial charge >= 0.3 is 0 Å². The number of hydrogen-bond donors (Lipinski definition) is 1. The quantitative estimate of drug-likeness (QED) is 0.628. The van der Waals surface area contributed by atoms with E-state index in [2.05, 4.69) is 62.8 Å². The van der Waals surface area contributed by atoms with Crippen LogP contribution in [0.25, 0.3) is 0 Å². The van der Waals surface area contributed by atoms with Crippen LogP contribution in [0.4, 0.5) is 11.4 Å². The minimum atomic E-state index is -0.0917. The van der Waals surface area contributed by atoms with Crippen LogP contribution < -0.4 is 15.2 Å². The highest BCUT2D eigenvalue weighted by atomic mass is 16.5. The van der Waals surface area contributed by atoms with E-state index in [0.717, 1.165) is 62.7 Å². The van der Waals surface area contributed by atoms with Crippen LogP contribution in [-0.4, -0.2) is 51.0 Å². The van der Waals surface area contributed by atoms with Crippen molar-refractivity contribution in [1.29, 1.82) is 0 Å². The van der Waals surface area contributed by atoms with E-state index in [1.165, 1.54) is 11.3 Å². The van der Waals surface area contributed by atoms with E-state index in [9.17, 15) is 4.79 Å². The molecule has 152 valence electrons. The van der Waals surface area contributed by atoms with Gasteiger partial charge in [0.25, 0.3) is 5.91 Å². The number of aryl methyl sites for hydroxylation is 1. The van der Waals surface area contributed by atoms with Crippen LogP contribution in [0.15, 0.2) is 53.6 Å². The molecule has 0 atom stereocenters. The lowest BCUT2D eigenvalue weighted by Crippen LogP contribution is -2.38. The first-order valence-corrected chi connectivity index (χ1v) is 10.3. The van der Waals surface area contributed by atoms with E-state index in [0.29, 0.717) is 6.54 Å². The Kier molecular flexibility index (Phi) is 6.10. The number of hydrogen-bond acceptors (Lipinski definition) is 5. The van der Waals surface area contributed by atoms with Crippen molar-refractivity contribution in [2.24, 2.45) is 5.10 Å². The normalized spacial score (nSPS) is 17.1. The molecular formula is C23H28N4O2. The van der Waals surface area contributed by atoms with Crippen molar-refractivity contribution in [3.05, 3.63) is 59.7 Å². The third kappa shape index (κ3) is 4.77. The minimum absolute atomic E-state index is 0.0917. The molecule has 0 spiro atoms. The summed E-state index contributed by atoms with van der Waals surface area (Å²) in [5.74, 6) is -0.0917.